The van der Waals surface area contributed by atoms with E-state index in [1.54, 1.807) is 6.92 Å². The number of carbonyl (C=O) groups is 2. The fourth-order valence-corrected chi connectivity index (χ4v) is 4.58. The molecule has 4 aromatic rings. The molecule has 1 unspecified atom stereocenters. The molecule has 2 N–H and O–H groups in total. The molecule has 3 aromatic carbocycles. The lowest BCUT2D eigenvalue weighted by Gasteiger charge is -2.26. The number of carboxylic acid groups (broad SMARTS) is 1. The summed E-state index contributed by atoms with van der Waals surface area (Å²) in [5.41, 5.74) is 8.17. The Hall–Kier alpha value is -4.39. The SMILES string of the molecule is Cc1noc(-c2ccc(-c3ccc(CC(=O)O)cc3)c3c2CC3)c1NC(=O)OC(C)c1ccccc1. The van der Waals surface area contributed by atoms with Crippen LogP contribution in [0.3, 0.4) is 0 Å². The van der Waals surface area contributed by atoms with Crippen LogP contribution in [0.2, 0.25) is 0 Å². The number of aryl methyl sites for hydroxylation is 1. The molecule has 7 heteroatoms. The topological polar surface area (TPSA) is 102 Å². The van der Waals surface area contributed by atoms with Crippen molar-refractivity contribution in [3.8, 4) is 22.5 Å². The fraction of sp³-hybridized carbons (Fsp3) is 0.207. The number of aliphatic carboxylic acids is 1. The van der Waals surface area contributed by atoms with Gasteiger partial charge in [-0.1, -0.05) is 71.9 Å². The van der Waals surface area contributed by atoms with Crippen LogP contribution in [0, 0.1) is 6.92 Å². The average Bonchev–Trinajstić information content (AvgIpc) is 3.19. The van der Waals surface area contributed by atoms with Gasteiger partial charge in [-0.05, 0) is 60.1 Å². The molecule has 0 saturated carbocycles. The van der Waals surface area contributed by atoms with Gasteiger partial charge in [0.25, 0.3) is 0 Å². The Balaban J connectivity index is 1.38. The van der Waals surface area contributed by atoms with Gasteiger partial charge in [0.2, 0.25) is 0 Å². The molecular weight excluding hydrogens is 456 g/mol. The molecule has 5 rings (SSSR count). The van der Waals surface area contributed by atoms with Crippen molar-refractivity contribution in [1.82, 2.24) is 5.16 Å². The number of rotatable bonds is 7. The van der Waals surface area contributed by atoms with Gasteiger partial charge in [0.1, 0.15) is 17.5 Å². The number of anilines is 1. The minimum Gasteiger partial charge on any atom is -0.481 e. The zero-order chi connectivity index (χ0) is 25.2. The highest BCUT2D eigenvalue weighted by Crippen LogP contribution is 2.43. The van der Waals surface area contributed by atoms with E-state index in [-0.39, 0.29) is 6.42 Å². The summed E-state index contributed by atoms with van der Waals surface area (Å²) in [7, 11) is 0. The number of nitrogens with one attached hydrogen (secondary N) is 1. The van der Waals surface area contributed by atoms with Gasteiger partial charge in [0.15, 0.2) is 5.76 Å². The Kier molecular flexibility index (Phi) is 6.29. The van der Waals surface area contributed by atoms with Crippen molar-refractivity contribution in [2.45, 2.75) is 39.2 Å². The maximum atomic E-state index is 12.7. The first kappa shape index (κ1) is 23.4. The Morgan fingerprint density at radius 3 is 2.33 bits per heavy atom. The molecule has 1 aliphatic rings. The number of ether oxygens (including phenoxy) is 1. The summed E-state index contributed by atoms with van der Waals surface area (Å²) in [5.74, 6) is -0.336. The summed E-state index contributed by atoms with van der Waals surface area (Å²) >= 11 is 0. The third-order valence-corrected chi connectivity index (χ3v) is 6.56. The maximum absolute atomic E-state index is 12.7. The van der Waals surface area contributed by atoms with Crippen molar-refractivity contribution in [1.29, 1.82) is 0 Å². The second-order valence-electron chi connectivity index (χ2n) is 8.94. The Morgan fingerprint density at radius 2 is 1.67 bits per heavy atom. The van der Waals surface area contributed by atoms with Crippen molar-refractivity contribution in [2.75, 3.05) is 5.32 Å². The first-order chi connectivity index (χ1) is 17.4. The molecule has 0 bridgehead atoms. The summed E-state index contributed by atoms with van der Waals surface area (Å²) in [6, 6.07) is 21.2. The molecule has 7 nitrogen and oxygen atoms in total. The summed E-state index contributed by atoms with van der Waals surface area (Å²) in [4.78, 5) is 23.7. The molecule has 36 heavy (non-hydrogen) atoms. The number of aromatic nitrogens is 1. The number of hydrogen-bond donors (Lipinski definition) is 2. The van der Waals surface area contributed by atoms with Crippen molar-refractivity contribution in [3.05, 3.63) is 94.7 Å². The molecule has 0 saturated heterocycles. The van der Waals surface area contributed by atoms with Crippen LogP contribution < -0.4 is 5.32 Å². The van der Waals surface area contributed by atoms with Gasteiger partial charge in [0, 0.05) is 5.56 Å². The average molecular weight is 483 g/mol. The zero-order valence-electron chi connectivity index (χ0n) is 20.1. The van der Waals surface area contributed by atoms with Crippen LogP contribution >= 0.6 is 0 Å². The standard InChI is InChI=1S/C29H26N2O5/c1-17-27(30-29(34)35-18(2)20-6-4-3-5-7-20)28(36-31-17)25-15-12-22(23-13-14-24(23)25)21-10-8-19(9-11-21)16-26(32)33/h3-12,15,18H,13-14,16H2,1-2H3,(H,30,34)(H,32,33). The molecular formula is C29H26N2O5. The van der Waals surface area contributed by atoms with Crippen molar-refractivity contribution < 1.29 is 24.0 Å². The Bertz CT molecular complexity index is 1420. The molecule has 0 radical (unpaired) electrons. The van der Waals surface area contributed by atoms with Gasteiger partial charge >= 0.3 is 12.1 Å². The number of hydrogen-bond acceptors (Lipinski definition) is 5. The van der Waals surface area contributed by atoms with Gasteiger partial charge in [-0.3, -0.25) is 10.1 Å². The van der Waals surface area contributed by atoms with Crippen LogP contribution in [0.4, 0.5) is 10.5 Å². The van der Waals surface area contributed by atoms with Crippen LogP contribution in [0.1, 0.15) is 41.0 Å². The first-order valence-corrected chi connectivity index (χ1v) is 11.9. The monoisotopic (exact) mass is 482 g/mol. The van der Waals surface area contributed by atoms with E-state index in [1.165, 1.54) is 5.56 Å². The molecule has 1 aromatic heterocycles. The fourth-order valence-electron chi connectivity index (χ4n) is 4.58. The highest BCUT2D eigenvalue weighted by atomic mass is 16.6. The smallest absolute Gasteiger partial charge is 0.412 e. The van der Waals surface area contributed by atoms with Gasteiger partial charge in [-0.15, -0.1) is 0 Å². The third kappa shape index (κ3) is 4.60. The summed E-state index contributed by atoms with van der Waals surface area (Å²) in [6.45, 7) is 3.61. The molecule has 1 aliphatic carbocycles. The summed E-state index contributed by atoms with van der Waals surface area (Å²) in [6.07, 6.45) is 0.851. The second kappa shape index (κ2) is 9.70. The Labute approximate surface area is 208 Å². The van der Waals surface area contributed by atoms with Gasteiger partial charge in [-0.2, -0.15) is 0 Å². The normalized spacial score (nSPS) is 12.8. The van der Waals surface area contributed by atoms with Crippen molar-refractivity contribution in [2.24, 2.45) is 0 Å². The molecule has 1 amide bonds. The first-order valence-electron chi connectivity index (χ1n) is 11.9. The molecule has 1 heterocycles. The summed E-state index contributed by atoms with van der Waals surface area (Å²) in [5, 5.41) is 15.9. The van der Waals surface area contributed by atoms with Crippen LogP contribution in [-0.2, 0) is 28.8 Å². The van der Waals surface area contributed by atoms with Gasteiger partial charge < -0.3 is 14.4 Å². The highest BCUT2D eigenvalue weighted by Gasteiger charge is 2.27. The predicted octanol–water partition coefficient (Wildman–Crippen LogP) is 6.35. The lowest BCUT2D eigenvalue weighted by molar-refractivity contribution is -0.136. The van der Waals surface area contributed by atoms with E-state index in [0.29, 0.717) is 17.1 Å². The lowest BCUT2D eigenvalue weighted by atomic mass is 9.79. The number of amides is 1. The van der Waals surface area contributed by atoms with Crippen molar-refractivity contribution >= 4 is 17.7 Å². The quantitative estimate of drug-likeness (QED) is 0.318. The van der Waals surface area contributed by atoms with Crippen LogP contribution in [0.25, 0.3) is 22.5 Å². The van der Waals surface area contributed by atoms with E-state index in [2.05, 4.69) is 10.5 Å². The molecule has 0 aliphatic heterocycles. The van der Waals surface area contributed by atoms with Crippen LogP contribution in [0.15, 0.2) is 71.3 Å². The number of carboxylic acids is 1. The van der Waals surface area contributed by atoms with Gasteiger partial charge in [-0.25, -0.2) is 4.79 Å². The molecule has 0 spiro atoms. The number of fused-ring (bicyclic) bond motifs is 1. The second-order valence-corrected chi connectivity index (χ2v) is 8.94. The minimum absolute atomic E-state index is 0.00447. The largest absolute Gasteiger partial charge is 0.481 e. The minimum atomic E-state index is -0.846. The maximum Gasteiger partial charge on any atom is 0.412 e. The van der Waals surface area contributed by atoms with E-state index in [1.807, 2.05) is 73.7 Å². The van der Waals surface area contributed by atoms with E-state index in [4.69, 9.17) is 14.4 Å². The van der Waals surface area contributed by atoms with Gasteiger partial charge in [0.05, 0.1) is 6.42 Å². The third-order valence-electron chi connectivity index (χ3n) is 6.56. The Morgan fingerprint density at radius 1 is 1.00 bits per heavy atom. The van der Waals surface area contributed by atoms with E-state index in [9.17, 15) is 9.59 Å². The lowest BCUT2D eigenvalue weighted by Crippen LogP contribution is -2.17. The number of carbonyl (C=O) groups excluding carboxylic acids is 1. The van der Waals surface area contributed by atoms with E-state index >= 15 is 0 Å². The molecule has 182 valence electrons. The highest BCUT2D eigenvalue weighted by molar-refractivity contribution is 5.92. The molecule has 1 atom stereocenters. The number of nitrogens with zero attached hydrogens (tertiary/aromatic N) is 1. The summed E-state index contributed by atoms with van der Waals surface area (Å²) < 4.78 is 11.2. The molecule has 0 fully saturated rings. The van der Waals surface area contributed by atoms with E-state index in [0.717, 1.165) is 46.2 Å². The zero-order valence-corrected chi connectivity index (χ0v) is 20.1. The van der Waals surface area contributed by atoms with Crippen molar-refractivity contribution in [3.63, 3.8) is 0 Å². The van der Waals surface area contributed by atoms with E-state index < -0.39 is 18.2 Å². The number of benzene rings is 3. The predicted molar refractivity (Wildman–Crippen MR) is 136 cm³/mol. The van der Waals surface area contributed by atoms with Crippen LogP contribution in [-0.4, -0.2) is 22.3 Å². The van der Waals surface area contributed by atoms with Crippen LogP contribution in [0.5, 0.6) is 0 Å².